The van der Waals surface area contributed by atoms with E-state index >= 15 is 0 Å². The van der Waals surface area contributed by atoms with Crippen molar-refractivity contribution in [3.63, 3.8) is 0 Å². The predicted molar refractivity (Wildman–Crippen MR) is 56.9 cm³/mol. The van der Waals surface area contributed by atoms with Gasteiger partial charge >= 0.3 is 0 Å². The molecule has 0 saturated carbocycles. The normalized spacial score (nSPS) is 12.9. The molecule has 0 bridgehead atoms. The Bertz CT molecular complexity index is 160. The summed E-state index contributed by atoms with van der Waals surface area (Å²) in [6.07, 6.45) is 0. The van der Waals surface area contributed by atoms with Gasteiger partial charge in [-0.1, -0.05) is 20.8 Å². The Labute approximate surface area is 86.2 Å². The van der Waals surface area contributed by atoms with Crippen molar-refractivity contribution in [1.82, 2.24) is 5.32 Å². The largest absolute Gasteiger partial charge is 0.378 e. The topological polar surface area (TPSA) is 64.3 Å². The Morgan fingerprint density at radius 3 is 2.50 bits per heavy atom. The highest BCUT2D eigenvalue weighted by Gasteiger charge is 2.15. The molecule has 0 aromatic heterocycles. The van der Waals surface area contributed by atoms with E-state index in [0.29, 0.717) is 32.2 Å². The van der Waals surface area contributed by atoms with Crippen LogP contribution in [0.4, 0.5) is 0 Å². The van der Waals surface area contributed by atoms with Gasteiger partial charge in [-0.3, -0.25) is 4.79 Å². The highest BCUT2D eigenvalue weighted by molar-refractivity contribution is 5.78. The smallest absolute Gasteiger partial charge is 0.223 e. The lowest BCUT2D eigenvalue weighted by atomic mass is 9.97. The molecule has 4 heteroatoms. The van der Waals surface area contributed by atoms with Crippen molar-refractivity contribution in [3.05, 3.63) is 0 Å². The molecule has 0 aromatic rings. The van der Waals surface area contributed by atoms with Crippen molar-refractivity contribution in [3.8, 4) is 0 Å². The fourth-order valence-corrected chi connectivity index (χ4v) is 0.896. The van der Waals surface area contributed by atoms with Gasteiger partial charge in [-0.05, 0) is 5.92 Å². The quantitative estimate of drug-likeness (QED) is 0.586. The van der Waals surface area contributed by atoms with Gasteiger partial charge in [0, 0.05) is 19.0 Å². The van der Waals surface area contributed by atoms with Crippen molar-refractivity contribution in [2.45, 2.75) is 20.8 Å². The zero-order chi connectivity index (χ0) is 11.0. The summed E-state index contributed by atoms with van der Waals surface area (Å²) in [5, 5.41) is 2.82. The average Bonchev–Trinajstić information content (AvgIpc) is 2.16. The van der Waals surface area contributed by atoms with Crippen LogP contribution in [0.2, 0.25) is 0 Å². The monoisotopic (exact) mass is 202 g/mol. The first-order valence-electron chi connectivity index (χ1n) is 5.15. The van der Waals surface area contributed by atoms with Crippen LogP contribution in [0, 0.1) is 11.8 Å². The number of hydrogen-bond acceptors (Lipinski definition) is 3. The first kappa shape index (κ1) is 13.4. The summed E-state index contributed by atoms with van der Waals surface area (Å²) in [5.74, 6) is 0.529. The third kappa shape index (κ3) is 5.94. The molecule has 0 rings (SSSR count). The minimum absolute atomic E-state index is 0.0597. The zero-order valence-electron chi connectivity index (χ0n) is 9.38. The van der Waals surface area contributed by atoms with Crippen molar-refractivity contribution in [2.24, 2.45) is 17.6 Å². The van der Waals surface area contributed by atoms with Crippen LogP contribution in [0.1, 0.15) is 20.8 Å². The first-order valence-corrected chi connectivity index (χ1v) is 5.15. The molecule has 1 amide bonds. The molecule has 4 nitrogen and oxygen atoms in total. The second-order valence-corrected chi connectivity index (χ2v) is 3.72. The summed E-state index contributed by atoms with van der Waals surface area (Å²) in [6.45, 7) is 8.18. The molecule has 84 valence electrons. The van der Waals surface area contributed by atoms with E-state index in [1.165, 1.54) is 0 Å². The molecule has 0 fully saturated rings. The summed E-state index contributed by atoms with van der Waals surface area (Å²) in [5.41, 5.74) is 5.25. The maximum absolute atomic E-state index is 11.4. The van der Waals surface area contributed by atoms with Gasteiger partial charge in [0.15, 0.2) is 0 Å². The fourth-order valence-electron chi connectivity index (χ4n) is 0.896. The lowest BCUT2D eigenvalue weighted by Gasteiger charge is -2.15. The summed E-state index contributed by atoms with van der Waals surface area (Å²) < 4.78 is 5.13. The summed E-state index contributed by atoms with van der Waals surface area (Å²) >= 11 is 0. The molecular formula is C10H22N2O2. The third-order valence-electron chi connectivity index (χ3n) is 2.22. The third-order valence-corrected chi connectivity index (χ3v) is 2.22. The number of nitrogens with one attached hydrogen (secondary N) is 1. The van der Waals surface area contributed by atoms with E-state index in [4.69, 9.17) is 10.5 Å². The summed E-state index contributed by atoms with van der Waals surface area (Å²) in [6, 6.07) is 0. The molecule has 0 aliphatic carbocycles. The molecule has 0 heterocycles. The van der Waals surface area contributed by atoms with Gasteiger partial charge in [-0.25, -0.2) is 0 Å². The van der Waals surface area contributed by atoms with E-state index < -0.39 is 0 Å². The van der Waals surface area contributed by atoms with E-state index in [2.05, 4.69) is 5.32 Å². The van der Waals surface area contributed by atoms with Gasteiger partial charge in [0.05, 0.1) is 13.2 Å². The Morgan fingerprint density at radius 2 is 2.00 bits per heavy atom. The number of carbonyl (C=O) groups excluding carboxylic acids is 1. The summed E-state index contributed by atoms with van der Waals surface area (Å²) in [4.78, 5) is 11.4. The van der Waals surface area contributed by atoms with Crippen LogP contribution in [0.15, 0.2) is 0 Å². The number of rotatable bonds is 7. The molecule has 1 unspecified atom stereocenters. The first-order chi connectivity index (χ1) is 6.59. The molecule has 14 heavy (non-hydrogen) atoms. The van der Waals surface area contributed by atoms with Crippen molar-refractivity contribution in [2.75, 3.05) is 26.3 Å². The number of hydrogen-bond donors (Lipinski definition) is 2. The Hall–Kier alpha value is -0.610. The predicted octanol–water partition coefficient (Wildman–Crippen LogP) is 0.370. The SMILES string of the molecule is CC(C)C(C)C(=O)NCCOCCN. The minimum atomic E-state index is 0.0597. The van der Waals surface area contributed by atoms with E-state index in [9.17, 15) is 4.79 Å². The zero-order valence-corrected chi connectivity index (χ0v) is 9.38. The Balaban J connectivity index is 3.44. The average molecular weight is 202 g/mol. The molecular weight excluding hydrogens is 180 g/mol. The molecule has 0 aromatic carbocycles. The highest BCUT2D eigenvalue weighted by Crippen LogP contribution is 2.08. The lowest BCUT2D eigenvalue weighted by molar-refractivity contribution is -0.125. The van der Waals surface area contributed by atoms with E-state index in [0.717, 1.165) is 0 Å². The van der Waals surface area contributed by atoms with Gasteiger partial charge in [0.2, 0.25) is 5.91 Å². The maximum Gasteiger partial charge on any atom is 0.223 e. The van der Waals surface area contributed by atoms with E-state index in [1.807, 2.05) is 20.8 Å². The van der Waals surface area contributed by atoms with Crippen LogP contribution >= 0.6 is 0 Å². The number of amides is 1. The van der Waals surface area contributed by atoms with Gasteiger partial charge in [0.25, 0.3) is 0 Å². The fraction of sp³-hybridized carbons (Fsp3) is 0.900. The van der Waals surface area contributed by atoms with Crippen molar-refractivity contribution < 1.29 is 9.53 Å². The van der Waals surface area contributed by atoms with Gasteiger partial charge in [-0.2, -0.15) is 0 Å². The van der Waals surface area contributed by atoms with Crippen LogP contribution in [-0.2, 0) is 9.53 Å². The highest BCUT2D eigenvalue weighted by atomic mass is 16.5. The molecule has 0 aliphatic heterocycles. The maximum atomic E-state index is 11.4. The second-order valence-electron chi connectivity index (χ2n) is 3.72. The van der Waals surface area contributed by atoms with Crippen LogP contribution in [-0.4, -0.2) is 32.2 Å². The standard InChI is InChI=1S/C10H22N2O2/c1-8(2)9(3)10(13)12-5-7-14-6-4-11/h8-9H,4-7,11H2,1-3H3,(H,12,13). The molecule has 0 aliphatic rings. The van der Waals surface area contributed by atoms with Crippen LogP contribution < -0.4 is 11.1 Å². The summed E-state index contributed by atoms with van der Waals surface area (Å²) in [7, 11) is 0. The van der Waals surface area contributed by atoms with E-state index in [1.54, 1.807) is 0 Å². The second kappa shape index (κ2) is 7.76. The van der Waals surface area contributed by atoms with Crippen molar-refractivity contribution in [1.29, 1.82) is 0 Å². The molecule has 0 radical (unpaired) electrons. The molecule has 0 saturated heterocycles. The number of carbonyl (C=O) groups is 1. The van der Waals surface area contributed by atoms with Crippen molar-refractivity contribution >= 4 is 5.91 Å². The number of nitrogens with two attached hydrogens (primary N) is 1. The number of ether oxygens (including phenoxy) is 1. The van der Waals surface area contributed by atoms with Crippen LogP contribution in [0.5, 0.6) is 0 Å². The van der Waals surface area contributed by atoms with Gasteiger partial charge in [0.1, 0.15) is 0 Å². The van der Waals surface area contributed by atoms with Gasteiger partial charge < -0.3 is 15.8 Å². The molecule has 3 N–H and O–H groups in total. The molecule has 1 atom stereocenters. The molecule has 0 spiro atoms. The Kier molecular flexibility index (Phi) is 7.42. The minimum Gasteiger partial charge on any atom is -0.378 e. The van der Waals surface area contributed by atoms with E-state index in [-0.39, 0.29) is 11.8 Å². The van der Waals surface area contributed by atoms with Crippen LogP contribution in [0.3, 0.4) is 0 Å². The van der Waals surface area contributed by atoms with Crippen LogP contribution in [0.25, 0.3) is 0 Å². The van der Waals surface area contributed by atoms with Gasteiger partial charge in [-0.15, -0.1) is 0 Å². The Morgan fingerprint density at radius 1 is 1.36 bits per heavy atom. The lowest BCUT2D eigenvalue weighted by Crippen LogP contribution is -2.34.